The van der Waals surface area contributed by atoms with Crippen LogP contribution in [0.1, 0.15) is 31.3 Å². The maximum absolute atomic E-state index is 11.9. The van der Waals surface area contributed by atoms with Crippen LogP contribution in [0.2, 0.25) is 0 Å². The zero-order chi connectivity index (χ0) is 16.8. The molecule has 1 amide bonds. The van der Waals surface area contributed by atoms with E-state index in [2.05, 4.69) is 22.4 Å². The smallest absolute Gasteiger partial charge is 0.249 e. The molecule has 132 valence electrons. The molecule has 2 aromatic rings. The van der Waals surface area contributed by atoms with E-state index in [1.165, 1.54) is 12.7 Å². The van der Waals surface area contributed by atoms with Gasteiger partial charge in [-0.1, -0.05) is 36.3 Å². The number of ether oxygens (including phenoxy) is 1. The molecule has 2 atom stereocenters. The van der Waals surface area contributed by atoms with Gasteiger partial charge in [-0.3, -0.25) is 4.79 Å². The first-order valence-corrected chi connectivity index (χ1v) is 7.53. The minimum absolute atomic E-state index is 0. The van der Waals surface area contributed by atoms with Crippen molar-refractivity contribution in [1.29, 1.82) is 0 Å². The average Bonchev–Trinajstić information content (AvgIpc) is 3.05. The van der Waals surface area contributed by atoms with E-state index in [1.54, 1.807) is 6.92 Å². The topological polar surface area (TPSA) is 103 Å². The first-order valence-electron chi connectivity index (χ1n) is 7.53. The fourth-order valence-corrected chi connectivity index (χ4v) is 2.06. The fraction of sp³-hybridized carbons (Fsp3) is 0.438. The van der Waals surface area contributed by atoms with Crippen molar-refractivity contribution in [1.82, 2.24) is 15.5 Å². The summed E-state index contributed by atoms with van der Waals surface area (Å²) < 4.78 is 10.1. The molecule has 0 saturated heterocycles. The van der Waals surface area contributed by atoms with E-state index in [1.807, 2.05) is 24.3 Å². The number of hydrogen-bond acceptors (Lipinski definition) is 6. The van der Waals surface area contributed by atoms with Gasteiger partial charge >= 0.3 is 0 Å². The number of aryl methyl sites for hydroxylation is 1. The van der Waals surface area contributed by atoms with Gasteiger partial charge in [0, 0.05) is 12.7 Å². The van der Waals surface area contributed by atoms with Gasteiger partial charge in [-0.15, -0.1) is 12.4 Å². The molecule has 2 rings (SSSR count). The van der Waals surface area contributed by atoms with Gasteiger partial charge in [0.05, 0.1) is 6.61 Å². The van der Waals surface area contributed by atoms with Crippen molar-refractivity contribution in [2.75, 3.05) is 13.7 Å². The Hall–Kier alpha value is -1.96. The molecule has 0 fully saturated rings. The summed E-state index contributed by atoms with van der Waals surface area (Å²) in [6.07, 6.45) is 0.975. The first kappa shape index (κ1) is 20.1. The highest BCUT2D eigenvalue weighted by Gasteiger charge is 2.20. The number of benzene rings is 1. The van der Waals surface area contributed by atoms with Crippen LogP contribution in [0.4, 0.5) is 0 Å². The highest BCUT2D eigenvalue weighted by Crippen LogP contribution is 2.19. The molecule has 2 unspecified atom stereocenters. The lowest BCUT2D eigenvalue weighted by Gasteiger charge is -2.14. The monoisotopic (exact) mass is 354 g/mol. The summed E-state index contributed by atoms with van der Waals surface area (Å²) >= 11 is 0. The van der Waals surface area contributed by atoms with E-state index in [9.17, 15) is 4.79 Å². The maximum atomic E-state index is 11.9. The number of nitrogens with one attached hydrogen (secondary N) is 1. The lowest BCUT2D eigenvalue weighted by Crippen LogP contribution is -2.44. The molecule has 1 aromatic carbocycles. The number of nitrogens with zero attached hydrogens (tertiary/aromatic N) is 2. The fourth-order valence-electron chi connectivity index (χ4n) is 2.06. The number of amides is 1. The molecular weight excluding hydrogens is 332 g/mol. The highest BCUT2D eigenvalue weighted by atomic mass is 35.5. The summed E-state index contributed by atoms with van der Waals surface area (Å²) in [6.45, 7) is 4.01. The second-order valence-electron chi connectivity index (χ2n) is 5.30. The predicted molar refractivity (Wildman–Crippen MR) is 92.8 cm³/mol. The van der Waals surface area contributed by atoms with Crippen LogP contribution in [0, 0.1) is 0 Å². The molecular formula is C16H23ClN4O3. The van der Waals surface area contributed by atoms with E-state index in [0.717, 1.165) is 12.0 Å². The van der Waals surface area contributed by atoms with Gasteiger partial charge in [-0.25, -0.2) is 0 Å². The highest BCUT2D eigenvalue weighted by molar-refractivity contribution is 5.85. The number of rotatable bonds is 7. The normalized spacial score (nSPS) is 13.0. The average molecular weight is 355 g/mol. The van der Waals surface area contributed by atoms with Crippen LogP contribution in [-0.2, 0) is 16.0 Å². The Labute approximate surface area is 147 Å². The summed E-state index contributed by atoms with van der Waals surface area (Å²) in [5, 5.41) is 6.68. The molecule has 0 aliphatic heterocycles. The summed E-state index contributed by atoms with van der Waals surface area (Å²) in [6, 6.07) is 6.80. The SMILES string of the molecule is CCc1ccc(-c2noc(C(C)NC(=O)C(N)COC)n2)cc1.Cl. The molecule has 3 N–H and O–H groups in total. The number of carbonyl (C=O) groups is 1. The minimum Gasteiger partial charge on any atom is -0.383 e. The van der Waals surface area contributed by atoms with E-state index in [0.29, 0.717) is 11.7 Å². The minimum atomic E-state index is -0.730. The third-order valence-corrected chi connectivity index (χ3v) is 3.47. The third-order valence-electron chi connectivity index (χ3n) is 3.47. The van der Waals surface area contributed by atoms with Crippen LogP contribution < -0.4 is 11.1 Å². The second kappa shape index (κ2) is 9.36. The second-order valence-corrected chi connectivity index (χ2v) is 5.30. The van der Waals surface area contributed by atoms with Gasteiger partial charge in [0.15, 0.2) is 0 Å². The molecule has 0 spiro atoms. The Morgan fingerprint density at radius 2 is 2.04 bits per heavy atom. The maximum Gasteiger partial charge on any atom is 0.249 e. The first-order chi connectivity index (χ1) is 11.0. The van der Waals surface area contributed by atoms with Crippen molar-refractivity contribution < 1.29 is 14.1 Å². The van der Waals surface area contributed by atoms with Gasteiger partial charge in [0.2, 0.25) is 17.6 Å². The lowest BCUT2D eigenvalue weighted by molar-refractivity contribution is -0.124. The van der Waals surface area contributed by atoms with Gasteiger partial charge in [-0.2, -0.15) is 4.98 Å². The molecule has 24 heavy (non-hydrogen) atoms. The zero-order valence-electron chi connectivity index (χ0n) is 14.0. The van der Waals surface area contributed by atoms with Gasteiger partial charge in [-0.05, 0) is 18.9 Å². The largest absolute Gasteiger partial charge is 0.383 e. The quantitative estimate of drug-likeness (QED) is 0.786. The number of hydrogen-bond donors (Lipinski definition) is 2. The number of carbonyl (C=O) groups excluding carboxylic acids is 1. The number of halogens is 1. The van der Waals surface area contributed by atoms with Gasteiger partial charge in [0.1, 0.15) is 12.1 Å². The number of methoxy groups -OCH3 is 1. The molecule has 1 heterocycles. The van der Waals surface area contributed by atoms with Crippen molar-refractivity contribution in [2.24, 2.45) is 5.73 Å². The molecule has 1 aromatic heterocycles. The van der Waals surface area contributed by atoms with Crippen LogP contribution >= 0.6 is 12.4 Å². The van der Waals surface area contributed by atoms with Crippen molar-refractivity contribution in [3.05, 3.63) is 35.7 Å². The number of aromatic nitrogens is 2. The van der Waals surface area contributed by atoms with Crippen LogP contribution in [-0.4, -0.2) is 35.8 Å². The van der Waals surface area contributed by atoms with Crippen LogP contribution in [0.3, 0.4) is 0 Å². The predicted octanol–water partition coefficient (Wildman–Crippen LogP) is 1.87. The Bertz CT molecular complexity index is 645. The molecule has 0 radical (unpaired) electrons. The number of nitrogens with two attached hydrogens (primary N) is 1. The van der Waals surface area contributed by atoms with Crippen LogP contribution in [0.25, 0.3) is 11.4 Å². The summed E-state index contributed by atoms with van der Waals surface area (Å²) in [7, 11) is 1.49. The Balaban J connectivity index is 0.00000288. The van der Waals surface area contributed by atoms with E-state index in [-0.39, 0.29) is 24.9 Å². The van der Waals surface area contributed by atoms with Crippen molar-refractivity contribution in [3.63, 3.8) is 0 Å². The Kier molecular flexibility index (Phi) is 7.84. The van der Waals surface area contributed by atoms with Crippen LogP contribution in [0.15, 0.2) is 28.8 Å². The van der Waals surface area contributed by atoms with E-state index < -0.39 is 12.1 Å². The van der Waals surface area contributed by atoms with Gasteiger partial charge in [0.25, 0.3) is 0 Å². The summed E-state index contributed by atoms with van der Waals surface area (Å²) in [4.78, 5) is 16.2. The molecule has 0 saturated carbocycles. The molecule has 0 aliphatic rings. The standard InChI is InChI=1S/C16H22N4O3.ClH/c1-4-11-5-7-12(8-6-11)14-19-16(23-20-14)10(2)18-15(21)13(17)9-22-3;/h5-8,10,13H,4,9,17H2,1-3H3,(H,18,21);1H. The molecule has 0 bridgehead atoms. The van der Waals surface area contributed by atoms with E-state index >= 15 is 0 Å². The Morgan fingerprint density at radius 1 is 1.38 bits per heavy atom. The van der Waals surface area contributed by atoms with Crippen molar-refractivity contribution in [3.8, 4) is 11.4 Å². The Morgan fingerprint density at radius 3 is 2.62 bits per heavy atom. The van der Waals surface area contributed by atoms with Crippen molar-refractivity contribution in [2.45, 2.75) is 32.4 Å². The summed E-state index contributed by atoms with van der Waals surface area (Å²) in [5.41, 5.74) is 7.78. The lowest BCUT2D eigenvalue weighted by atomic mass is 10.1. The van der Waals surface area contributed by atoms with E-state index in [4.69, 9.17) is 15.0 Å². The summed E-state index contributed by atoms with van der Waals surface area (Å²) in [5.74, 6) is 0.494. The molecule has 8 heteroatoms. The third kappa shape index (κ3) is 5.02. The zero-order valence-corrected chi connectivity index (χ0v) is 14.8. The van der Waals surface area contributed by atoms with Crippen LogP contribution in [0.5, 0.6) is 0 Å². The molecule has 0 aliphatic carbocycles. The van der Waals surface area contributed by atoms with Crippen molar-refractivity contribution >= 4 is 18.3 Å². The van der Waals surface area contributed by atoms with Gasteiger partial charge < -0.3 is 20.3 Å². The molecule has 7 nitrogen and oxygen atoms in total.